The Labute approximate surface area is 165 Å². The number of aryl methyl sites for hydroxylation is 1. The van der Waals surface area contributed by atoms with E-state index in [2.05, 4.69) is 32.9 Å². The third kappa shape index (κ3) is 4.77. The minimum absolute atomic E-state index is 0.171. The number of rotatable bonds is 7. The fourth-order valence-corrected chi connectivity index (χ4v) is 3.33. The Bertz CT molecular complexity index is 860. The van der Waals surface area contributed by atoms with Gasteiger partial charge >= 0.3 is 0 Å². The van der Waals surface area contributed by atoms with Gasteiger partial charge in [0.1, 0.15) is 11.6 Å². The number of benzene rings is 1. The van der Waals surface area contributed by atoms with E-state index < -0.39 is 11.4 Å². The van der Waals surface area contributed by atoms with Crippen LogP contribution in [0.15, 0.2) is 23.0 Å². The standard InChI is InChI=1S/C21H29FN4O2/c1-4-12-28-18-7-6-15(14-26-10-8-25(3)9-11-26)13-16(18)20-23-17(5-2)19(22)21(27)24-20/h6-7,13H,4-5,8-12,14H2,1-3H3,(H,23,24,27). The number of ether oxygens (including phenoxy) is 1. The van der Waals surface area contributed by atoms with Crippen molar-refractivity contribution in [1.82, 2.24) is 19.8 Å². The molecule has 6 nitrogen and oxygen atoms in total. The summed E-state index contributed by atoms with van der Waals surface area (Å²) in [5.41, 5.74) is 1.25. The van der Waals surface area contributed by atoms with Crippen molar-refractivity contribution >= 4 is 0 Å². The molecule has 1 fully saturated rings. The largest absolute Gasteiger partial charge is 0.493 e. The topological polar surface area (TPSA) is 61.5 Å². The Hall–Kier alpha value is -2.25. The third-order valence-corrected chi connectivity index (χ3v) is 5.03. The van der Waals surface area contributed by atoms with Crippen LogP contribution < -0.4 is 10.3 Å². The molecule has 1 aliphatic rings. The first-order valence-electron chi connectivity index (χ1n) is 9.97. The van der Waals surface area contributed by atoms with Crippen LogP contribution in [0.2, 0.25) is 0 Å². The number of aromatic nitrogens is 2. The van der Waals surface area contributed by atoms with E-state index in [1.165, 1.54) is 0 Å². The predicted molar refractivity (Wildman–Crippen MR) is 108 cm³/mol. The highest BCUT2D eigenvalue weighted by molar-refractivity contribution is 5.65. The average molecular weight is 388 g/mol. The van der Waals surface area contributed by atoms with Crippen molar-refractivity contribution in [3.8, 4) is 17.1 Å². The van der Waals surface area contributed by atoms with Crippen LogP contribution in [0.5, 0.6) is 5.75 Å². The second kappa shape index (κ2) is 9.30. The molecule has 0 spiro atoms. The summed E-state index contributed by atoms with van der Waals surface area (Å²) in [4.78, 5) is 23.7. The van der Waals surface area contributed by atoms with E-state index in [4.69, 9.17) is 4.74 Å². The van der Waals surface area contributed by atoms with Gasteiger partial charge in [0.05, 0.1) is 17.9 Å². The highest BCUT2D eigenvalue weighted by Crippen LogP contribution is 2.29. The number of piperazine rings is 1. The Morgan fingerprint density at radius 1 is 1.21 bits per heavy atom. The molecule has 1 aromatic heterocycles. The summed E-state index contributed by atoms with van der Waals surface area (Å²) in [6.45, 7) is 9.35. The van der Waals surface area contributed by atoms with E-state index in [9.17, 15) is 9.18 Å². The molecule has 0 atom stereocenters. The number of halogens is 1. The van der Waals surface area contributed by atoms with Gasteiger partial charge in [0, 0.05) is 32.7 Å². The molecule has 0 unspecified atom stereocenters. The SMILES string of the molecule is CCCOc1ccc(CN2CCN(C)CC2)cc1-c1nc(CC)c(F)c(=O)[nH]1. The summed E-state index contributed by atoms with van der Waals surface area (Å²) in [5, 5.41) is 0. The fraction of sp³-hybridized carbons (Fsp3) is 0.524. The molecule has 2 aromatic rings. The maximum absolute atomic E-state index is 14.0. The number of aromatic amines is 1. The molecular formula is C21H29FN4O2. The molecular weight excluding hydrogens is 359 g/mol. The normalized spacial score (nSPS) is 15.7. The van der Waals surface area contributed by atoms with Crippen molar-refractivity contribution in [2.24, 2.45) is 0 Å². The highest BCUT2D eigenvalue weighted by Gasteiger charge is 2.18. The number of likely N-dealkylation sites (N-methyl/N-ethyl adjacent to an activating group) is 1. The summed E-state index contributed by atoms with van der Waals surface area (Å²) in [6.07, 6.45) is 1.23. The lowest BCUT2D eigenvalue weighted by molar-refractivity contribution is 0.148. The molecule has 1 aromatic carbocycles. The van der Waals surface area contributed by atoms with Crippen LogP contribution in [-0.2, 0) is 13.0 Å². The van der Waals surface area contributed by atoms with Gasteiger partial charge in [-0.1, -0.05) is 19.9 Å². The number of nitrogens with zero attached hydrogens (tertiary/aromatic N) is 3. The fourth-order valence-electron chi connectivity index (χ4n) is 3.33. The van der Waals surface area contributed by atoms with E-state index in [0.717, 1.165) is 44.7 Å². The molecule has 0 saturated carbocycles. The lowest BCUT2D eigenvalue weighted by atomic mass is 10.1. The van der Waals surface area contributed by atoms with Gasteiger partial charge in [-0.25, -0.2) is 4.98 Å². The van der Waals surface area contributed by atoms with Gasteiger partial charge in [0.25, 0.3) is 5.56 Å². The van der Waals surface area contributed by atoms with Gasteiger partial charge in [0.15, 0.2) is 0 Å². The molecule has 2 heterocycles. The minimum Gasteiger partial charge on any atom is -0.493 e. The van der Waals surface area contributed by atoms with Crippen molar-refractivity contribution in [2.75, 3.05) is 39.8 Å². The van der Waals surface area contributed by atoms with E-state index in [1.807, 2.05) is 19.1 Å². The van der Waals surface area contributed by atoms with Gasteiger partial charge < -0.3 is 14.6 Å². The van der Waals surface area contributed by atoms with Gasteiger partial charge in [-0.2, -0.15) is 4.39 Å². The second-order valence-corrected chi connectivity index (χ2v) is 7.29. The van der Waals surface area contributed by atoms with Crippen LogP contribution in [0.3, 0.4) is 0 Å². The average Bonchev–Trinajstić information content (AvgIpc) is 2.70. The zero-order chi connectivity index (χ0) is 20.1. The quantitative estimate of drug-likeness (QED) is 0.790. The van der Waals surface area contributed by atoms with E-state index >= 15 is 0 Å². The van der Waals surface area contributed by atoms with Crippen LogP contribution in [0.1, 0.15) is 31.5 Å². The second-order valence-electron chi connectivity index (χ2n) is 7.29. The Morgan fingerprint density at radius 3 is 2.64 bits per heavy atom. The smallest absolute Gasteiger partial charge is 0.287 e. The number of hydrogen-bond donors (Lipinski definition) is 1. The zero-order valence-electron chi connectivity index (χ0n) is 16.9. The van der Waals surface area contributed by atoms with Crippen LogP contribution in [0.25, 0.3) is 11.4 Å². The predicted octanol–water partition coefficient (Wildman–Crippen LogP) is 2.67. The van der Waals surface area contributed by atoms with Crippen molar-refractivity contribution in [3.63, 3.8) is 0 Å². The number of H-pyrrole nitrogens is 1. The first-order chi connectivity index (χ1) is 13.5. The Balaban J connectivity index is 1.94. The van der Waals surface area contributed by atoms with Crippen LogP contribution in [0.4, 0.5) is 4.39 Å². The van der Waals surface area contributed by atoms with Gasteiger partial charge in [-0.05, 0) is 37.6 Å². The summed E-state index contributed by atoms with van der Waals surface area (Å²) < 4.78 is 19.8. The molecule has 1 N–H and O–H groups in total. The highest BCUT2D eigenvalue weighted by atomic mass is 19.1. The Morgan fingerprint density at radius 2 is 1.96 bits per heavy atom. The molecule has 0 bridgehead atoms. The molecule has 0 radical (unpaired) electrons. The minimum atomic E-state index is -0.809. The van der Waals surface area contributed by atoms with Crippen molar-refractivity contribution in [3.05, 3.63) is 45.6 Å². The molecule has 7 heteroatoms. The van der Waals surface area contributed by atoms with Gasteiger partial charge in [-0.15, -0.1) is 0 Å². The lowest BCUT2D eigenvalue weighted by Gasteiger charge is -2.32. The van der Waals surface area contributed by atoms with E-state index in [1.54, 1.807) is 6.92 Å². The van der Waals surface area contributed by atoms with Crippen molar-refractivity contribution in [2.45, 2.75) is 33.2 Å². The molecule has 152 valence electrons. The van der Waals surface area contributed by atoms with E-state index in [-0.39, 0.29) is 5.69 Å². The molecule has 28 heavy (non-hydrogen) atoms. The first-order valence-corrected chi connectivity index (χ1v) is 9.97. The molecule has 1 aliphatic heterocycles. The van der Waals surface area contributed by atoms with E-state index in [0.29, 0.717) is 30.2 Å². The molecule has 3 rings (SSSR count). The monoisotopic (exact) mass is 388 g/mol. The summed E-state index contributed by atoms with van der Waals surface area (Å²) in [5.74, 6) is 0.200. The van der Waals surface area contributed by atoms with Crippen LogP contribution in [-0.4, -0.2) is 59.6 Å². The summed E-state index contributed by atoms with van der Waals surface area (Å²) in [7, 11) is 2.14. The molecule has 0 aliphatic carbocycles. The van der Waals surface area contributed by atoms with Crippen LogP contribution >= 0.6 is 0 Å². The van der Waals surface area contributed by atoms with Crippen molar-refractivity contribution in [1.29, 1.82) is 0 Å². The summed E-state index contributed by atoms with van der Waals surface area (Å²) in [6, 6.07) is 5.97. The van der Waals surface area contributed by atoms with Gasteiger partial charge in [0.2, 0.25) is 5.82 Å². The molecule has 1 saturated heterocycles. The van der Waals surface area contributed by atoms with Crippen LogP contribution in [0, 0.1) is 5.82 Å². The maximum atomic E-state index is 14.0. The van der Waals surface area contributed by atoms with Gasteiger partial charge in [-0.3, -0.25) is 9.69 Å². The van der Waals surface area contributed by atoms with Crippen molar-refractivity contribution < 1.29 is 9.13 Å². The molecule has 0 amide bonds. The zero-order valence-corrected chi connectivity index (χ0v) is 16.9. The lowest BCUT2D eigenvalue weighted by Crippen LogP contribution is -2.43. The maximum Gasteiger partial charge on any atom is 0.287 e. The third-order valence-electron chi connectivity index (χ3n) is 5.03. The first kappa shape index (κ1) is 20.5. The Kier molecular flexibility index (Phi) is 6.80. The number of nitrogens with one attached hydrogen (secondary N) is 1. The summed E-state index contributed by atoms with van der Waals surface area (Å²) >= 11 is 0. The number of hydrogen-bond acceptors (Lipinski definition) is 5.